The molecule has 33 heavy (non-hydrogen) atoms. The van der Waals surface area contributed by atoms with E-state index in [1.807, 2.05) is 0 Å². The first-order valence-corrected chi connectivity index (χ1v) is 11.9. The van der Waals surface area contributed by atoms with E-state index in [2.05, 4.69) is 5.32 Å². The molecule has 10 heteroatoms. The van der Waals surface area contributed by atoms with Gasteiger partial charge in [0.15, 0.2) is 0 Å². The van der Waals surface area contributed by atoms with E-state index in [4.69, 9.17) is 19.0 Å². The maximum atomic E-state index is 12.8. The maximum absolute atomic E-state index is 12.8. The smallest absolute Gasteiger partial charge is 0.336 e. The Labute approximate surface area is 192 Å². The topological polar surface area (TPSA) is 138 Å². The van der Waals surface area contributed by atoms with Gasteiger partial charge in [-0.25, -0.2) is 23.1 Å². The molecule has 0 saturated carbocycles. The van der Waals surface area contributed by atoms with Gasteiger partial charge < -0.3 is 19.2 Å². The third-order valence-corrected chi connectivity index (χ3v) is 6.06. The standard InChI is InChI=1S/C23H26N2O7S/c1-5-30-22(26)19-13(3)25-14(4)20(23(27)31-6-2)21(19)18-12-11-17(32-18)15-7-9-16(10-8-15)33(24,28)29/h7-12,21,25H,5-6H2,1-4H3,(H2,24,28,29). The van der Waals surface area contributed by atoms with E-state index in [1.165, 1.54) is 12.1 Å². The van der Waals surface area contributed by atoms with Crippen LogP contribution in [-0.4, -0.2) is 33.6 Å². The molecule has 0 bridgehead atoms. The fourth-order valence-electron chi connectivity index (χ4n) is 3.71. The van der Waals surface area contributed by atoms with Crippen LogP contribution < -0.4 is 10.5 Å². The van der Waals surface area contributed by atoms with Crippen molar-refractivity contribution in [1.29, 1.82) is 0 Å². The molecular formula is C23H26N2O7S. The minimum atomic E-state index is -3.82. The van der Waals surface area contributed by atoms with Crippen LogP contribution in [0.3, 0.4) is 0 Å². The number of ether oxygens (including phenoxy) is 2. The highest BCUT2D eigenvalue weighted by atomic mass is 32.2. The Balaban J connectivity index is 2.09. The summed E-state index contributed by atoms with van der Waals surface area (Å²) in [4.78, 5) is 25.6. The molecule has 0 fully saturated rings. The minimum absolute atomic E-state index is 0.0253. The zero-order valence-electron chi connectivity index (χ0n) is 18.8. The molecule has 176 valence electrons. The predicted molar refractivity (Wildman–Crippen MR) is 120 cm³/mol. The molecule has 0 unspecified atom stereocenters. The Kier molecular flexibility index (Phi) is 7.09. The lowest BCUT2D eigenvalue weighted by Crippen LogP contribution is -2.32. The summed E-state index contributed by atoms with van der Waals surface area (Å²) in [6.45, 7) is 7.17. The number of nitrogens with two attached hydrogens (primary N) is 1. The number of allylic oxidation sites excluding steroid dienone is 2. The fourth-order valence-corrected chi connectivity index (χ4v) is 4.22. The highest BCUT2D eigenvalue weighted by Crippen LogP contribution is 2.41. The van der Waals surface area contributed by atoms with Crippen LogP contribution in [0.2, 0.25) is 0 Å². The molecule has 0 spiro atoms. The fraction of sp³-hybridized carbons (Fsp3) is 0.304. The van der Waals surface area contributed by atoms with Crippen LogP contribution in [-0.2, 0) is 29.1 Å². The molecule has 3 N–H and O–H groups in total. The molecule has 1 aliphatic heterocycles. The third-order valence-electron chi connectivity index (χ3n) is 5.13. The number of sulfonamides is 1. The SMILES string of the molecule is CCOC(=O)C1=C(C)NC(C)=C(C(=O)OCC)C1c1ccc(-c2ccc(S(N)(=O)=O)cc2)o1. The average Bonchev–Trinajstić information content (AvgIpc) is 3.23. The molecule has 3 rings (SSSR count). The lowest BCUT2D eigenvalue weighted by Gasteiger charge is -2.28. The number of carbonyl (C=O) groups is 2. The van der Waals surface area contributed by atoms with Crippen LogP contribution in [0.1, 0.15) is 39.4 Å². The molecule has 2 heterocycles. The summed E-state index contributed by atoms with van der Waals surface area (Å²) in [6.07, 6.45) is 0. The van der Waals surface area contributed by atoms with E-state index in [1.54, 1.807) is 52.0 Å². The summed E-state index contributed by atoms with van der Waals surface area (Å²) in [6, 6.07) is 9.22. The Morgan fingerprint density at radius 3 is 1.91 bits per heavy atom. The molecule has 0 atom stereocenters. The molecule has 2 aromatic rings. The number of furan rings is 1. The largest absolute Gasteiger partial charge is 0.463 e. The molecule has 1 aliphatic rings. The lowest BCUT2D eigenvalue weighted by molar-refractivity contribution is -0.139. The second-order valence-electron chi connectivity index (χ2n) is 7.35. The number of primary sulfonamides is 1. The van der Waals surface area contributed by atoms with Gasteiger partial charge in [0.25, 0.3) is 0 Å². The van der Waals surface area contributed by atoms with Gasteiger partial charge in [0.1, 0.15) is 11.5 Å². The summed E-state index contributed by atoms with van der Waals surface area (Å²) in [5, 5.41) is 8.22. The van der Waals surface area contributed by atoms with Gasteiger partial charge in [0, 0.05) is 17.0 Å². The van der Waals surface area contributed by atoms with Crippen molar-refractivity contribution in [3.8, 4) is 11.3 Å². The summed E-state index contributed by atoms with van der Waals surface area (Å²) < 4.78 is 39.6. The predicted octanol–water partition coefficient (Wildman–Crippen LogP) is 2.96. The van der Waals surface area contributed by atoms with Crippen molar-refractivity contribution in [3.63, 3.8) is 0 Å². The van der Waals surface area contributed by atoms with Gasteiger partial charge in [-0.3, -0.25) is 0 Å². The number of dihydropyridines is 1. The summed E-state index contributed by atoms with van der Waals surface area (Å²) >= 11 is 0. The first-order valence-electron chi connectivity index (χ1n) is 10.3. The Morgan fingerprint density at radius 1 is 0.939 bits per heavy atom. The second kappa shape index (κ2) is 9.63. The van der Waals surface area contributed by atoms with Crippen molar-refractivity contribution < 1.29 is 31.9 Å². The van der Waals surface area contributed by atoms with Crippen LogP contribution in [0.4, 0.5) is 0 Å². The zero-order valence-corrected chi connectivity index (χ0v) is 19.6. The Bertz CT molecular complexity index is 1200. The van der Waals surface area contributed by atoms with Gasteiger partial charge in [-0.15, -0.1) is 0 Å². The van der Waals surface area contributed by atoms with Crippen molar-refractivity contribution in [2.45, 2.75) is 38.5 Å². The summed E-state index contributed by atoms with van der Waals surface area (Å²) in [5.74, 6) is -1.23. The van der Waals surface area contributed by atoms with Crippen LogP contribution in [0.15, 0.2) is 68.3 Å². The molecule has 9 nitrogen and oxygen atoms in total. The highest BCUT2D eigenvalue weighted by Gasteiger charge is 2.39. The van der Waals surface area contributed by atoms with Gasteiger partial charge in [0.05, 0.1) is 35.2 Å². The van der Waals surface area contributed by atoms with E-state index >= 15 is 0 Å². The third kappa shape index (κ3) is 5.01. The first kappa shape index (κ1) is 24.3. The molecule has 0 amide bonds. The molecule has 1 aromatic heterocycles. The molecule has 0 aliphatic carbocycles. The maximum Gasteiger partial charge on any atom is 0.336 e. The molecule has 0 radical (unpaired) electrons. The monoisotopic (exact) mass is 474 g/mol. The van der Waals surface area contributed by atoms with E-state index in [9.17, 15) is 18.0 Å². The average molecular weight is 475 g/mol. The Morgan fingerprint density at radius 2 is 1.45 bits per heavy atom. The van der Waals surface area contributed by atoms with E-state index in [0.29, 0.717) is 28.5 Å². The number of rotatable bonds is 7. The van der Waals surface area contributed by atoms with E-state index in [0.717, 1.165) is 0 Å². The molecule has 0 saturated heterocycles. The summed E-state index contributed by atoms with van der Waals surface area (Å²) in [7, 11) is -3.82. The quantitative estimate of drug-likeness (QED) is 0.584. The van der Waals surface area contributed by atoms with Crippen molar-refractivity contribution in [1.82, 2.24) is 5.32 Å². The van der Waals surface area contributed by atoms with Crippen LogP contribution in [0.25, 0.3) is 11.3 Å². The number of carbonyl (C=O) groups excluding carboxylic acids is 2. The van der Waals surface area contributed by atoms with E-state index < -0.39 is 27.9 Å². The van der Waals surface area contributed by atoms with Crippen LogP contribution >= 0.6 is 0 Å². The van der Waals surface area contributed by atoms with Crippen molar-refractivity contribution in [3.05, 3.63) is 64.7 Å². The first-order chi connectivity index (χ1) is 15.6. The van der Waals surface area contributed by atoms with Gasteiger partial charge in [0.2, 0.25) is 10.0 Å². The lowest BCUT2D eigenvalue weighted by atomic mass is 9.83. The summed E-state index contributed by atoms with van der Waals surface area (Å²) in [5.41, 5.74) is 2.17. The minimum Gasteiger partial charge on any atom is -0.463 e. The number of hydrogen-bond acceptors (Lipinski definition) is 8. The Hall–Kier alpha value is -3.37. The molecule has 1 aromatic carbocycles. The highest BCUT2D eigenvalue weighted by molar-refractivity contribution is 7.89. The van der Waals surface area contributed by atoms with Crippen LogP contribution in [0.5, 0.6) is 0 Å². The van der Waals surface area contributed by atoms with Gasteiger partial charge in [-0.05, 0) is 64.1 Å². The van der Waals surface area contributed by atoms with Crippen molar-refractivity contribution in [2.24, 2.45) is 5.14 Å². The number of esters is 2. The number of benzene rings is 1. The van der Waals surface area contributed by atoms with Crippen molar-refractivity contribution >= 4 is 22.0 Å². The van der Waals surface area contributed by atoms with Gasteiger partial charge in [-0.2, -0.15) is 0 Å². The second-order valence-corrected chi connectivity index (χ2v) is 8.91. The number of hydrogen-bond donors (Lipinski definition) is 2. The molecular weight excluding hydrogens is 448 g/mol. The van der Waals surface area contributed by atoms with Crippen molar-refractivity contribution in [2.75, 3.05) is 13.2 Å². The normalized spacial score (nSPS) is 14.8. The van der Waals surface area contributed by atoms with Gasteiger partial charge in [-0.1, -0.05) is 0 Å². The number of nitrogens with one attached hydrogen (secondary N) is 1. The zero-order chi connectivity index (χ0) is 24.3. The van der Waals surface area contributed by atoms with Crippen LogP contribution in [0, 0.1) is 0 Å². The van der Waals surface area contributed by atoms with Gasteiger partial charge >= 0.3 is 11.9 Å². The van der Waals surface area contributed by atoms with E-state index in [-0.39, 0.29) is 29.3 Å².